The molecule has 1 amide bonds. The van der Waals surface area contributed by atoms with E-state index in [9.17, 15) is 4.79 Å². The van der Waals surface area contributed by atoms with Crippen LogP contribution in [0, 0.1) is 0 Å². The van der Waals surface area contributed by atoms with E-state index in [1.54, 1.807) is 6.20 Å². The molecule has 1 saturated heterocycles. The van der Waals surface area contributed by atoms with Crippen LogP contribution < -0.4 is 5.32 Å². The molecule has 1 aliphatic rings. The SMILES string of the molecule is CC[C@H](NC(=O)C(C)(C)N1CCCC1)c1cn2cccnc2n1. The molecular weight excluding hydrogens is 290 g/mol. The van der Waals surface area contributed by atoms with Gasteiger partial charge in [-0.2, -0.15) is 0 Å². The van der Waals surface area contributed by atoms with Crippen molar-refractivity contribution in [2.45, 2.75) is 51.6 Å². The maximum absolute atomic E-state index is 12.8. The van der Waals surface area contributed by atoms with Gasteiger partial charge in [0, 0.05) is 18.6 Å². The van der Waals surface area contributed by atoms with Gasteiger partial charge in [0.15, 0.2) is 0 Å². The molecule has 0 saturated carbocycles. The van der Waals surface area contributed by atoms with Gasteiger partial charge in [-0.1, -0.05) is 6.92 Å². The summed E-state index contributed by atoms with van der Waals surface area (Å²) in [6, 6.07) is 1.78. The minimum absolute atomic E-state index is 0.0660. The van der Waals surface area contributed by atoms with Gasteiger partial charge in [-0.25, -0.2) is 9.97 Å². The highest BCUT2D eigenvalue weighted by molar-refractivity contribution is 5.85. The lowest BCUT2D eigenvalue weighted by Gasteiger charge is -2.35. The average molecular weight is 315 g/mol. The van der Waals surface area contributed by atoms with Gasteiger partial charge in [0.25, 0.3) is 0 Å². The highest BCUT2D eigenvalue weighted by atomic mass is 16.2. The number of nitrogens with zero attached hydrogens (tertiary/aromatic N) is 4. The van der Waals surface area contributed by atoms with E-state index < -0.39 is 5.54 Å². The second-order valence-corrected chi connectivity index (χ2v) is 6.68. The summed E-state index contributed by atoms with van der Waals surface area (Å²) < 4.78 is 1.88. The Balaban J connectivity index is 1.77. The van der Waals surface area contributed by atoms with E-state index in [2.05, 4.69) is 27.1 Å². The third-order valence-electron chi connectivity index (χ3n) is 4.78. The Hall–Kier alpha value is -1.95. The number of amides is 1. The molecule has 2 aromatic rings. The predicted molar refractivity (Wildman–Crippen MR) is 89.0 cm³/mol. The highest BCUT2D eigenvalue weighted by Gasteiger charge is 2.37. The van der Waals surface area contributed by atoms with Crippen LogP contribution in [0.5, 0.6) is 0 Å². The van der Waals surface area contributed by atoms with E-state index in [1.807, 2.05) is 36.7 Å². The monoisotopic (exact) mass is 315 g/mol. The summed E-state index contributed by atoms with van der Waals surface area (Å²) in [6.45, 7) is 8.06. The topological polar surface area (TPSA) is 62.5 Å². The molecule has 3 heterocycles. The van der Waals surface area contributed by atoms with Crippen molar-refractivity contribution in [3.8, 4) is 0 Å². The Labute approximate surface area is 136 Å². The lowest BCUT2D eigenvalue weighted by Crippen LogP contribution is -2.54. The first-order chi connectivity index (χ1) is 11.0. The second kappa shape index (κ2) is 6.28. The number of rotatable bonds is 5. The molecule has 1 N–H and O–H groups in total. The summed E-state index contributed by atoms with van der Waals surface area (Å²) in [4.78, 5) is 23.9. The van der Waals surface area contributed by atoms with Crippen LogP contribution in [-0.4, -0.2) is 43.8 Å². The Morgan fingerprint density at radius 2 is 2.13 bits per heavy atom. The van der Waals surface area contributed by atoms with Crippen molar-refractivity contribution in [2.24, 2.45) is 0 Å². The fraction of sp³-hybridized carbons (Fsp3) is 0.588. The zero-order chi connectivity index (χ0) is 16.4. The quantitative estimate of drug-likeness (QED) is 0.918. The average Bonchev–Trinajstić information content (AvgIpc) is 3.21. The Morgan fingerprint density at radius 1 is 1.39 bits per heavy atom. The molecule has 0 radical (unpaired) electrons. The van der Waals surface area contributed by atoms with Crippen LogP contribution in [0.3, 0.4) is 0 Å². The largest absolute Gasteiger partial charge is 0.346 e. The van der Waals surface area contributed by atoms with Gasteiger partial charge in [-0.3, -0.25) is 14.1 Å². The van der Waals surface area contributed by atoms with Crippen molar-refractivity contribution in [3.05, 3.63) is 30.4 Å². The molecule has 23 heavy (non-hydrogen) atoms. The van der Waals surface area contributed by atoms with E-state index >= 15 is 0 Å². The number of fused-ring (bicyclic) bond motifs is 1. The molecule has 1 aliphatic heterocycles. The fourth-order valence-electron chi connectivity index (χ4n) is 3.16. The zero-order valence-corrected chi connectivity index (χ0v) is 14.1. The minimum atomic E-state index is -0.485. The van der Waals surface area contributed by atoms with Crippen LogP contribution in [0.15, 0.2) is 24.7 Å². The van der Waals surface area contributed by atoms with Crippen molar-refractivity contribution in [1.29, 1.82) is 0 Å². The smallest absolute Gasteiger partial charge is 0.240 e. The van der Waals surface area contributed by atoms with Crippen molar-refractivity contribution < 1.29 is 4.79 Å². The standard InChI is InChI=1S/C17H25N5O/c1-4-13(14-12-21-9-7-8-18-16(21)20-14)19-15(23)17(2,3)22-10-5-6-11-22/h7-9,12-13H,4-6,10-11H2,1-3H3,(H,19,23)/t13-/m0/s1. The molecule has 124 valence electrons. The highest BCUT2D eigenvalue weighted by Crippen LogP contribution is 2.23. The summed E-state index contributed by atoms with van der Waals surface area (Å²) in [5.41, 5.74) is 0.373. The molecule has 1 fully saturated rings. The summed E-state index contributed by atoms with van der Waals surface area (Å²) in [7, 11) is 0. The molecule has 0 spiro atoms. The molecule has 0 unspecified atom stereocenters. The normalized spacial score (nSPS) is 17.5. The zero-order valence-electron chi connectivity index (χ0n) is 14.1. The molecule has 0 aliphatic carbocycles. The van der Waals surface area contributed by atoms with E-state index in [-0.39, 0.29) is 11.9 Å². The molecule has 2 aromatic heterocycles. The van der Waals surface area contributed by atoms with Crippen LogP contribution >= 0.6 is 0 Å². The molecule has 0 aromatic carbocycles. The van der Waals surface area contributed by atoms with Crippen molar-refractivity contribution in [3.63, 3.8) is 0 Å². The maximum Gasteiger partial charge on any atom is 0.240 e. The summed E-state index contributed by atoms with van der Waals surface area (Å²) in [6.07, 6.45) is 8.73. The summed E-state index contributed by atoms with van der Waals surface area (Å²) in [5, 5.41) is 3.18. The lowest BCUT2D eigenvalue weighted by atomic mass is 10.0. The third kappa shape index (κ3) is 3.08. The van der Waals surface area contributed by atoms with Gasteiger partial charge < -0.3 is 5.32 Å². The van der Waals surface area contributed by atoms with Gasteiger partial charge in [0.2, 0.25) is 11.7 Å². The molecule has 1 atom stereocenters. The predicted octanol–water partition coefficient (Wildman–Crippen LogP) is 2.17. The number of likely N-dealkylation sites (tertiary alicyclic amines) is 1. The van der Waals surface area contributed by atoms with Crippen LogP contribution in [0.1, 0.15) is 51.8 Å². The van der Waals surface area contributed by atoms with Gasteiger partial charge in [-0.15, -0.1) is 0 Å². The number of hydrogen-bond acceptors (Lipinski definition) is 4. The lowest BCUT2D eigenvalue weighted by molar-refractivity contribution is -0.132. The van der Waals surface area contributed by atoms with E-state index in [0.717, 1.165) is 25.2 Å². The maximum atomic E-state index is 12.8. The Kier molecular flexibility index (Phi) is 4.35. The molecule has 0 bridgehead atoms. The molecule has 3 rings (SSSR count). The number of hydrogen-bond donors (Lipinski definition) is 1. The van der Waals surface area contributed by atoms with Gasteiger partial charge in [0.05, 0.1) is 17.3 Å². The number of carbonyl (C=O) groups excluding carboxylic acids is 1. The first-order valence-corrected chi connectivity index (χ1v) is 8.38. The van der Waals surface area contributed by atoms with Crippen LogP contribution in [0.25, 0.3) is 5.78 Å². The Morgan fingerprint density at radius 3 is 2.78 bits per heavy atom. The summed E-state index contributed by atoms with van der Waals surface area (Å²) in [5.74, 6) is 0.727. The van der Waals surface area contributed by atoms with Crippen molar-refractivity contribution >= 4 is 11.7 Å². The van der Waals surface area contributed by atoms with Crippen LogP contribution in [0.2, 0.25) is 0 Å². The fourth-order valence-corrected chi connectivity index (χ4v) is 3.16. The summed E-state index contributed by atoms with van der Waals surface area (Å²) >= 11 is 0. The number of aromatic nitrogens is 3. The van der Waals surface area contributed by atoms with Crippen molar-refractivity contribution in [1.82, 2.24) is 24.6 Å². The number of nitrogens with one attached hydrogen (secondary N) is 1. The van der Waals surface area contributed by atoms with Gasteiger partial charge in [0.1, 0.15) is 0 Å². The van der Waals surface area contributed by atoms with E-state index in [0.29, 0.717) is 5.78 Å². The van der Waals surface area contributed by atoms with Gasteiger partial charge in [-0.05, 0) is 52.3 Å². The Bertz CT molecular complexity index is 654. The molecule has 6 heteroatoms. The van der Waals surface area contributed by atoms with Crippen molar-refractivity contribution in [2.75, 3.05) is 13.1 Å². The second-order valence-electron chi connectivity index (χ2n) is 6.68. The number of carbonyl (C=O) groups is 1. The minimum Gasteiger partial charge on any atom is -0.346 e. The van der Waals surface area contributed by atoms with E-state index in [4.69, 9.17) is 0 Å². The van der Waals surface area contributed by atoms with Crippen LogP contribution in [-0.2, 0) is 4.79 Å². The van der Waals surface area contributed by atoms with E-state index in [1.165, 1.54) is 12.8 Å². The first kappa shape index (κ1) is 15.9. The number of imidazole rings is 1. The van der Waals surface area contributed by atoms with Crippen LogP contribution in [0.4, 0.5) is 0 Å². The van der Waals surface area contributed by atoms with Gasteiger partial charge >= 0.3 is 0 Å². The third-order valence-corrected chi connectivity index (χ3v) is 4.78. The molecular formula is C17H25N5O. The first-order valence-electron chi connectivity index (χ1n) is 8.38. The molecule has 6 nitrogen and oxygen atoms in total.